The SMILES string of the molecule is NC(CS)C(=O)N1CCCC1C(=O)NC(CC(=O)O)C(=O)O. The smallest absolute Gasteiger partial charge is 0.326 e. The molecule has 1 aliphatic heterocycles. The quantitative estimate of drug-likeness (QED) is 0.348. The third-order valence-electron chi connectivity index (χ3n) is 3.35. The van der Waals surface area contributed by atoms with Gasteiger partial charge in [-0.3, -0.25) is 14.4 Å². The Morgan fingerprint density at radius 1 is 1.32 bits per heavy atom. The molecule has 124 valence electrons. The Kier molecular flexibility index (Phi) is 6.62. The van der Waals surface area contributed by atoms with Gasteiger partial charge in [-0.2, -0.15) is 12.6 Å². The van der Waals surface area contributed by atoms with Gasteiger partial charge < -0.3 is 26.2 Å². The Morgan fingerprint density at radius 3 is 2.45 bits per heavy atom. The van der Waals surface area contributed by atoms with Gasteiger partial charge in [0.25, 0.3) is 0 Å². The fourth-order valence-electron chi connectivity index (χ4n) is 2.24. The van der Waals surface area contributed by atoms with Crippen LogP contribution >= 0.6 is 12.6 Å². The number of carbonyl (C=O) groups excluding carboxylic acids is 2. The molecule has 1 fully saturated rings. The van der Waals surface area contributed by atoms with Gasteiger partial charge >= 0.3 is 11.9 Å². The molecule has 0 spiro atoms. The number of carboxylic acids is 2. The van der Waals surface area contributed by atoms with Crippen molar-refractivity contribution in [3.63, 3.8) is 0 Å². The molecule has 1 heterocycles. The van der Waals surface area contributed by atoms with E-state index in [0.29, 0.717) is 19.4 Å². The van der Waals surface area contributed by atoms with E-state index in [1.165, 1.54) is 4.90 Å². The van der Waals surface area contributed by atoms with Crippen LogP contribution in [0.3, 0.4) is 0 Å². The van der Waals surface area contributed by atoms with E-state index in [4.69, 9.17) is 15.9 Å². The maximum atomic E-state index is 12.1. The second-order valence-electron chi connectivity index (χ2n) is 4.98. The van der Waals surface area contributed by atoms with Gasteiger partial charge in [-0.15, -0.1) is 0 Å². The van der Waals surface area contributed by atoms with Crippen LogP contribution in [0.1, 0.15) is 19.3 Å². The Labute approximate surface area is 132 Å². The van der Waals surface area contributed by atoms with E-state index in [-0.39, 0.29) is 5.75 Å². The molecular weight excluding hydrogens is 314 g/mol. The minimum absolute atomic E-state index is 0.125. The van der Waals surface area contributed by atoms with E-state index in [1.807, 2.05) is 0 Å². The number of carboxylic acid groups (broad SMARTS) is 2. The molecule has 10 heteroatoms. The van der Waals surface area contributed by atoms with Gasteiger partial charge in [0.2, 0.25) is 11.8 Å². The van der Waals surface area contributed by atoms with Crippen molar-refractivity contribution in [2.75, 3.05) is 12.3 Å². The molecular formula is C12H19N3O6S. The summed E-state index contributed by atoms with van der Waals surface area (Å²) in [4.78, 5) is 47.1. The normalized spacial score (nSPS) is 20.3. The molecule has 0 aromatic rings. The first-order valence-corrected chi connectivity index (χ1v) is 7.33. The maximum Gasteiger partial charge on any atom is 0.326 e. The molecule has 22 heavy (non-hydrogen) atoms. The first-order chi connectivity index (χ1) is 10.3. The van der Waals surface area contributed by atoms with Crippen molar-refractivity contribution in [2.45, 2.75) is 37.4 Å². The van der Waals surface area contributed by atoms with Crippen LogP contribution in [0.2, 0.25) is 0 Å². The van der Waals surface area contributed by atoms with Crippen LogP contribution in [0, 0.1) is 0 Å². The number of carbonyl (C=O) groups is 4. The van der Waals surface area contributed by atoms with Gasteiger partial charge in [-0.1, -0.05) is 0 Å². The average molecular weight is 333 g/mol. The van der Waals surface area contributed by atoms with Crippen molar-refractivity contribution in [3.05, 3.63) is 0 Å². The largest absolute Gasteiger partial charge is 0.481 e. The lowest BCUT2D eigenvalue weighted by Crippen LogP contribution is -2.54. The van der Waals surface area contributed by atoms with Crippen molar-refractivity contribution in [3.8, 4) is 0 Å². The van der Waals surface area contributed by atoms with Gasteiger partial charge in [-0.05, 0) is 12.8 Å². The number of amides is 2. The topological polar surface area (TPSA) is 150 Å². The lowest BCUT2D eigenvalue weighted by molar-refractivity contribution is -0.148. The van der Waals surface area contributed by atoms with Crippen LogP contribution in [-0.4, -0.2) is 69.3 Å². The highest BCUT2D eigenvalue weighted by molar-refractivity contribution is 7.80. The minimum Gasteiger partial charge on any atom is -0.481 e. The van der Waals surface area contributed by atoms with E-state index < -0.39 is 48.3 Å². The molecule has 0 aliphatic carbocycles. The van der Waals surface area contributed by atoms with Crippen molar-refractivity contribution in [1.82, 2.24) is 10.2 Å². The Morgan fingerprint density at radius 2 is 1.95 bits per heavy atom. The molecule has 0 saturated carbocycles. The second-order valence-corrected chi connectivity index (χ2v) is 5.34. The summed E-state index contributed by atoms with van der Waals surface area (Å²) in [5, 5.41) is 19.7. The van der Waals surface area contributed by atoms with Gasteiger partial charge in [0.1, 0.15) is 12.1 Å². The molecule has 9 nitrogen and oxygen atoms in total. The first-order valence-electron chi connectivity index (χ1n) is 6.69. The Balaban J connectivity index is 2.76. The molecule has 1 saturated heterocycles. The van der Waals surface area contributed by atoms with E-state index in [0.717, 1.165) is 0 Å². The molecule has 0 aromatic carbocycles. The zero-order valence-electron chi connectivity index (χ0n) is 11.8. The van der Waals surface area contributed by atoms with Crippen LogP contribution in [0.25, 0.3) is 0 Å². The summed E-state index contributed by atoms with van der Waals surface area (Å²) in [6.07, 6.45) is 0.216. The molecule has 1 aliphatic rings. The number of hydrogen-bond donors (Lipinski definition) is 5. The highest BCUT2D eigenvalue weighted by atomic mass is 32.1. The molecule has 1 rings (SSSR count). The second kappa shape index (κ2) is 7.99. The summed E-state index contributed by atoms with van der Waals surface area (Å²) < 4.78 is 0. The number of hydrogen-bond acceptors (Lipinski definition) is 6. The van der Waals surface area contributed by atoms with Crippen molar-refractivity contribution in [2.24, 2.45) is 5.73 Å². The average Bonchev–Trinajstić information content (AvgIpc) is 2.93. The lowest BCUT2D eigenvalue weighted by atomic mass is 10.1. The number of rotatable bonds is 7. The third-order valence-corrected chi connectivity index (χ3v) is 3.74. The number of aliphatic carboxylic acids is 2. The van der Waals surface area contributed by atoms with Crippen LogP contribution in [0.5, 0.6) is 0 Å². The third kappa shape index (κ3) is 4.60. The first kappa shape index (κ1) is 18.2. The summed E-state index contributed by atoms with van der Waals surface area (Å²) in [6, 6.07) is -3.22. The molecule has 0 bridgehead atoms. The van der Waals surface area contributed by atoms with Crippen LogP contribution in [-0.2, 0) is 19.2 Å². The summed E-state index contributed by atoms with van der Waals surface area (Å²) in [7, 11) is 0. The number of nitrogens with zero attached hydrogens (tertiary/aromatic N) is 1. The fourth-order valence-corrected chi connectivity index (χ4v) is 2.39. The highest BCUT2D eigenvalue weighted by Crippen LogP contribution is 2.18. The minimum atomic E-state index is -1.54. The van der Waals surface area contributed by atoms with Gasteiger partial charge in [0, 0.05) is 12.3 Å². The van der Waals surface area contributed by atoms with Crippen molar-refractivity contribution < 1.29 is 29.4 Å². The van der Waals surface area contributed by atoms with E-state index >= 15 is 0 Å². The van der Waals surface area contributed by atoms with Gasteiger partial charge in [0.05, 0.1) is 12.5 Å². The molecule has 5 N–H and O–H groups in total. The number of likely N-dealkylation sites (tertiary alicyclic amines) is 1. The van der Waals surface area contributed by atoms with Crippen LogP contribution in [0.4, 0.5) is 0 Å². The van der Waals surface area contributed by atoms with Crippen LogP contribution in [0.15, 0.2) is 0 Å². The van der Waals surface area contributed by atoms with E-state index in [9.17, 15) is 19.2 Å². The summed E-state index contributed by atoms with van der Waals surface area (Å²) in [5.41, 5.74) is 5.60. The maximum absolute atomic E-state index is 12.1. The summed E-state index contributed by atoms with van der Waals surface area (Å²) >= 11 is 3.93. The zero-order valence-corrected chi connectivity index (χ0v) is 12.7. The van der Waals surface area contributed by atoms with E-state index in [1.54, 1.807) is 0 Å². The molecule has 0 radical (unpaired) electrons. The Hall–Kier alpha value is -1.81. The fraction of sp³-hybridized carbons (Fsp3) is 0.667. The molecule has 3 atom stereocenters. The predicted molar refractivity (Wildman–Crippen MR) is 78.4 cm³/mol. The zero-order chi connectivity index (χ0) is 16.9. The van der Waals surface area contributed by atoms with Gasteiger partial charge in [-0.25, -0.2) is 4.79 Å². The van der Waals surface area contributed by atoms with Gasteiger partial charge in [0.15, 0.2) is 0 Å². The highest BCUT2D eigenvalue weighted by Gasteiger charge is 2.37. The number of nitrogens with two attached hydrogens (primary N) is 1. The van der Waals surface area contributed by atoms with Crippen molar-refractivity contribution >= 4 is 36.4 Å². The standard InChI is InChI=1S/C12H19N3O6S/c13-6(5-22)11(19)15-3-1-2-8(15)10(18)14-7(12(20)21)4-9(16)17/h6-8,22H,1-5,13H2,(H,14,18)(H,16,17)(H,20,21). The lowest BCUT2D eigenvalue weighted by Gasteiger charge is -2.27. The van der Waals surface area contributed by atoms with Crippen molar-refractivity contribution in [1.29, 1.82) is 0 Å². The molecule has 3 unspecified atom stereocenters. The Bertz CT molecular complexity index is 472. The molecule has 0 aromatic heterocycles. The number of nitrogens with one attached hydrogen (secondary N) is 1. The number of thiol groups is 1. The monoisotopic (exact) mass is 333 g/mol. The van der Waals surface area contributed by atoms with E-state index in [2.05, 4.69) is 17.9 Å². The summed E-state index contributed by atoms with van der Waals surface area (Å²) in [6.45, 7) is 0.342. The molecule has 2 amide bonds. The summed E-state index contributed by atoms with van der Waals surface area (Å²) in [5.74, 6) is -3.79. The predicted octanol–water partition coefficient (Wildman–Crippen LogP) is -1.72. The van der Waals surface area contributed by atoms with Crippen LogP contribution < -0.4 is 11.1 Å².